The van der Waals surface area contributed by atoms with Crippen molar-refractivity contribution in [1.82, 2.24) is 0 Å². The second-order valence-electron chi connectivity index (χ2n) is 7.11. The van der Waals surface area contributed by atoms with E-state index in [4.69, 9.17) is 14.9 Å². The van der Waals surface area contributed by atoms with E-state index in [9.17, 15) is 10.2 Å². The predicted molar refractivity (Wildman–Crippen MR) is 106 cm³/mol. The van der Waals surface area contributed by atoms with Crippen molar-refractivity contribution in [3.8, 4) is 5.75 Å². The maximum atomic E-state index is 9.27. The van der Waals surface area contributed by atoms with Crippen molar-refractivity contribution in [3.63, 3.8) is 0 Å². The Bertz CT molecular complexity index is 866. The second kappa shape index (κ2) is 8.57. The van der Waals surface area contributed by atoms with Gasteiger partial charge >= 0.3 is 0 Å². The maximum Gasteiger partial charge on any atom is 0.137 e. The summed E-state index contributed by atoms with van der Waals surface area (Å²) in [5.74, 6) is 1.75. The Balaban J connectivity index is 1.57. The minimum Gasteiger partial charge on any atom is -0.497 e. The number of aliphatic hydroxyl groups excluding tert-OH is 2. The monoisotopic (exact) mass is 369 g/mol. The Labute approximate surface area is 159 Å². The molecule has 3 aromatic rings. The molecule has 0 amide bonds. The van der Waals surface area contributed by atoms with Crippen LogP contribution in [0.5, 0.6) is 5.75 Å². The fourth-order valence-electron chi connectivity index (χ4n) is 3.06. The van der Waals surface area contributed by atoms with Crippen molar-refractivity contribution in [2.24, 2.45) is 5.73 Å². The molecule has 0 spiro atoms. The number of methoxy groups -OCH3 is 1. The van der Waals surface area contributed by atoms with E-state index in [-0.39, 0.29) is 13.2 Å². The molecule has 4 N–H and O–H groups in total. The number of hydrogen-bond donors (Lipinski definition) is 3. The molecule has 27 heavy (non-hydrogen) atoms. The van der Waals surface area contributed by atoms with E-state index < -0.39 is 5.54 Å². The number of furan rings is 1. The molecule has 5 heteroatoms. The van der Waals surface area contributed by atoms with Crippen LogP contribution < -0.4 is 10.5 Å². The van der Waals surface area contributed by atoms with Crippen LogP contribution >= 0.6 is 0 Å². The molecule has 0 bridgehead atoms. The molecule has 3 rings (SSSR count). The smallest absolute Gasteiger partial charge is 0.137 e. The van der Waals surface area contributed by atoms with E-state index in [0.717, 1.165) is 47.3 Å². The number of rotatable bonds is 9. The number of ether oxygens (including phenoxy) is 1. The van der Waals surface area contributed by atoms with Gasteiger partial charge in [-0.3, -0.25) is 0 Å². The highest BCUT2D eigenvalue weighted by Crippen LogP contribution is 2.25. The maximum absolute atomic E-state index is 9.27. The molecule has 0 atom stereocenters. The molecular formula is C22H27NO4. The predicted octanol–water partition coefficient (Wildman–Crippen LogP) is 2.84. The molecule has 0 saturated carbocycles. The van der Waals surface area contributed by atoms with Crippen LogP contribution in [0.3, 0.4) is 0 Å². The van der Waals surface area contributed by atoms with Gasteiger partial charge in [-0.25, -0.2) is 0 Å². The van der Waals surface area contributed by atoms with Gasteiger partial charge in [0.15, 0.2) is 0 Å². The van der Waals surface area contributed by atoms with E-state index in [1.54, 1.807) is 7.11 Å². The molecule has 5 nitrogen and oxygen atoms in total. The summed E-state index contributed by atoms with van der Waals surface area (Å²) in [7, 11) is 1.65. The lowest BCUT2D eigenvalue weighted by molar-refractivity contribution is 0.115. The molecule has 0 unspecified atom stereocenters. The molecular weight excluding hydrogens is 342 g/mol. The summed E-state index contributed by atoms with van der Waals surface area (Å²) in [4.78, 5) is 0. The first kappa shape index (κ1) is 19.4. The van der Waals surface area contributed by atoms with Gasteiger partial charge in [-0.15, -0.1) is 0 Å². The van der Waals surface area contributed by atoms with E-state index in [0.29, 0.717) is 6.42 Å². The van der Waals surface area contributed by atoms with Crippen molar-refractivity contribution < 1.29 is 19.4 Å². The summed E-state index contributed by atoms with van der Waals surface area (Å²) < 4.78 is 11.1. The average Bonchev–Trinajstić information content (AvgIpc) is 3.13. The molecule has 144 valence electrons. The number of aliphatic hydroxyl groups is 2. The number of hydrogen-bond acceptors (Lipinski definition) is 5. The molecule has 1 heterocycles. The third-order valence-electron chi connectivity index (χ3n) is 5.00. The summed E-state index contributed by atoms with van der Waals surface area (Å²) in [5.41, 5.74) is 8.23. The Morgan fingerprint density at radius 2 is 1.59 bits per heavy atom. The topological polar surface area (TPSA) is 88.9 Å². The molecule has 0 aliphatic heterocycles. The van der Waals surface area contributed by atoms with E-state index in [1.165, 1.54) is 5.56 Å². The fraction of sp³-hybridized carbons (Fsp3) is 0.364. The van der Waals surface area contributed by atoms with Crippen LogP contribution in [0.25, 0.3) is 11.0 Å². The summed E-state index contributed by atoms with van der Waals surface area (Å²) in [6.45, 7) is -0.435. The van der Waals surface area contributed by atoms with E-state index in [1.807, 2.05) is 18.2 Å². The largest absolute Gasteiger partial charge is 0.497 e. The quantitative estimate of drug-likeness (QED) is 0.540. The zero-order valence-electron chi connectivity index (χ0n) is 15.6. The molecule has 0 aliphatic carbocycles. The van der Waals surface area contributed by atoms with Crippen molar-refractivity contribution >= 4 is 11.0 Å². The SMILES string of the molecule is COc1ccc2cc(CCc3ccc(CCC(N)(CO)CO)cc3)oc2c1. The highest BCUT2D eigenvalue weighted by molar-refractivity contribution is 5.79. The minimum absolute atomic E-state index is 0.217. The molecule has 0 radical (unpaired) electrons. The number of aryl methyl sites for hydroxylation is 3. The van der Waals surface area contributed by atoms with Gasteiger partial charge in [-0.05, 0) is 48.6 Å². The first-order valence-electron chi connectivity index (χ1n) is 9.20. The average molecular weight is 369 g/mol. The molecule has 2 aromatic carbocycles. The van der Waals surface area contributed by atoms with Crippen molar-refractivity contribution in [2.45, 2.75) is 31.2 Å². The minimum atomic E-state index is -0.914. The third kappa shape index (κ3) is 4.89. The van der Waals surface area contributed by atoms with Crippen LogP contribution in [0.15, 0.2) is 52.9 Å². The first-order chi connectivity index (χ1) is 13.0. The van der Waals surface area contributed by atoms with Crippen LogP contribution in [-0.2, 0) is 19.3 Å². The Morgan fingerprint density at radius 1 is 0.926 bits per heavy atom. The first-order valence-corrected chi connectivity index (χ1v) is 9.20. The lowest BCUT2D eigenvalue weighted by atomic mass is 9.93. The second-order valence-corrected chi connectivity index (χ2v) is 7.11. The third-order valence-corrected chi connectivity index (χ3v) is 5.00. The number of nitrogens with two attached hydrogens (primary N) is 1. The fourth-order valence-corrected chi connectivity index (χ4v) is 3.06. The lowest BCUT2D eigenvalue weighted by Crippen LogP contribution is -2.47. The van der Waals surface area contributed by atoms with Crippen LogP contribution in [0, 0.1) is 0 Å². The Morgan fingerprint density at radius 3 is 2.22 bits per heavy atom. The molecule has 0 fully saturated rings. The highest BCUT2D eigenvalue weighted by Gasteiger charge is 2.22. The summed E-state index contributed by atoms with van der Waals surface area (Å²) in [6, 6.07) is 16.3. The van der Waals surface area contributed by atoms with Gasteiger partial charge in [0, 0.05) is 17.9 Å². The lowest BCUT2D eigenvalue weighted by Gasteiger charge is -2.24. The van der Waals surface area contributed by atoms with Gasteiger partial charge < -0.3 is 25.1 Å². The van der Waals surface area contributed by atoms with Crippen molar-refractivity contribution in [2.75, 3.05) is 20.3 Å². The molecule has 1 aromatic heterocycles. The summed E-state index contributed by atoms with van der Waals surface area (Å²) >= 11 is 0. The number of benzene rings is 2. The van der Waals surface area contributed by atoms with Gasteiger partial charge in [-0.1, -0.05) is 24.3 Å². The normalized spacial score (nSPS) is 11.9. The summed E-state index contributed by atoms with van der Waals surface area (Å²) in [5, 5.41) is 19.6. The van der Waals surface area contributed by atoms with Crippen LogP contribution in [-0.4, -0.2) is 36.1 Å². The van der Waals surface area contributed by atoms with Crippen molar-refractivity contribution in [1.29, 1.82) is 0 Å². The standard InChI is InChI=1S/C22H27NO4/c1-26-19-9-7-18-12-20(27-21(18)13-19)8-6-16-2-4-17(5-3-16)10-11-22(23,14-24)15-25/h2-5,7,9,12-13,24-25H,6,8,10-11,14-15,23H2,1H3. The van der Waals surface area contributed by atoms with Crippen LogP contribution in [0.2, 0.25) is 0 Å². The Hall–Kier alpha value is -2.34. The van der Waals surface area contributed by atoms with Crippen molar-refractivity contribution in [3.05, 3.63) is 65.4 Å². The zero-order valence-corrected chi connectivity index (χ0v) is 15.6. The highest BCUT2D eigenvalue weighted by atomic mass is 16.5. The molecule has 0 aliphatic rings. The molecule has 0 saturated heterocycles. The Kier molecular flexibility index (Phi) is 6.16. The van der Waals surface area contributed by atoms with E-state index >= 15 is 0 Å². The van der Waals surface area contributed by atoms with Crippen LogP contribution in [0.1, 0.15) is 23.3 Å². The van der Waals surface area contributed by atoms with Crippen LogP contribution in [0.4, 0.5) is 0 Å². The van der Waals surface area contributed by atoms with Gasteiger partial charge in [0.1, 0.15) is 17.1 Å². The summed E-state index contributed by atoms with van der Waals surface area (Å²) in [6.07, 6.45) is 2.99. The van der Waals surface area contributed by atoms with Gasteiger partial charge in [0.2, 0.25) is 0 Å². The van der Waals surface area contributed by atoms with E-state index in [2.05, 4.69) is 30.3 Å². The van der Waals surface area contributed by atoms with Gasteiger partial charge in [0.05, 0.1) is 25.9 Å². The zero-order chi connectivity index (χ0) is 19.3. The van der Waals surface area contributed by atoms with Gasteiger partial charge in [-0.2, -0.15) is 0 Å². The van der Waals surface area contributed by atoms with Gasteiger partial charge in [0.25, 0.3) is 0 Å². The number of fused-ring (bicyclic) bond motifs is 1.